The summed E-state index contributed by atoms with van der Waals surface area (Å²) in [5.41, 5.74) is 11.5. The third kappa shape index (κ3) is 21.3. The van der Waals surface area contributed by atoms with Gasteiger partial charge in [-0.1, -0.05) is 110 Å². The molecule has 1 saturated heterocycles. The van der Waals surface area contributed by atoms with Gasteiger partial charge in [0, 0.05) is 44.0 Å². The number of ketones is 1. The maximum atomic E-state index is 11.9. The SMILES string of the molecule is CCCC(C)(N)CCC.CCCC(C)CCC.CCc1cc(C)c(O)c(C)c1.CNc1ccccc1CCN(C=O)C1CCN(C(=O)OCC(C)=O)CC1. The number of nitrogens with two attached hydrogens (primary N) is 1. The summed E-state index contributed by atoms with van der Waals surface area (Å²) in [5.74, 6) is 1.22. The predicted octanol–water partition coefficient (Wildman–Crippen LogP) is 10.0. The summed E-state index contributed by atoms with van der Waals surface area (Å²) >= 11 is 0. The Morgan fingerprint density at radius 3 is 1.98 bits per heavy atom. The van der Waals surface area contributed by atoms with Gasteiger partial charge in [0.25, 0.3) is 0 Å². The van der Waals surface area contributed by atoms with Crippen LogP contribution in [0.1, 0.15) is 142 Å². The molecule has 9 nitrogen and oxygen atoms in total. The number of benzene rings is 2. The monoisotopic (exact) mass is 755 g/mol. The molecule has 1 heterocycles. The number of likely N-dealkylation sites (tertiary alicyclic amines) is 1. The van der Waals surface area contributed by atoms with Gasteiger partial charge in [0.15, 0.2) is 12.4 Å². The van der Waals surface area contributed by atoms with Crippen molar-refractivity contribution >= 4 is 24.0 Å². The number of para-hydroxylation sites is 1. The molecule has 0 bridgehead atoms. The number of carbonyl (C=O) groups excluding carboxylic acids is 3. The van der Waals surface area contributed by atoms with Crippen LogP contribution in [0.3, 0.4) is 0 Å². The fourth-order valence-electron chi connectivity index (χ4n) is 6.83. The molecule has 1 fully saturated rings. The number of carbonyl (C=O) groups is 3. The molecule has 0 saturated carbocycles. The number of hydrogen-bond acceptors (Lipinski definition) is 7. The van der Waals surface area contributed by atoms with Crippen molar-refractivity contribution in [1.82, 2.24) is 9.80 Å². The van der Waals surface area contributed by atoms with Crippen molar-refractivity contribution in [2.75, 3.05) is 38.6 Å². The van der Waals surface area contributed by atoms with E-state index in [0.717, 1.165) is 54.8 Å². The number of hydrogen-bond donors (Lipinski definition) is 3. The third-order valence-corrected chi connectivity index (χ3v) is 9.82. The Kier molecular flexibility index (Phi) is 26.9. The number of amides is 2. The molecule has 0 aromatic heterocycles. The maximum absolute atomic E-state index is 11.9. The van der Waals surface area contributed by atoms with Crippen LogP contribution in [0.15, 0.2) is 36.4 Å². The zero-order valence-corrected chi connectivity index (χ0v) is 36.1. The Balaban J connectivity index is 0.000000822. The Hall–Kier alpha value is -3.59. The molecule has 308 valence electrons. The second-order valence-electron chi connectivity index (χ2n) is 15.2. The van der Waals surface area contributed by atoms with E-state index in [9.17, 15) is 19.5 Å². The molecule has 9 heteroatoms. The molecule has 1 aliphatic rings. The highest BCUT2D eigenvalue weighted by Gasteiger charge is 2.27. The van der Waals surface area contributed by atoms with E-state index in [4.69, 9.17) is 10.5 Å². The summed E-state index contributed by atoms with van der Waals surface area (Å²) in [7, 11) is 1.89. The van der Waals surface area contributed by atoms with Gasteiger partial charge in [-0.2, -0.15) is 0 Å². The number of anilines is 1. The average molecular weight is 755 g/mol. The van der Waals surface area contributed by atoms with Crippen molar-refractivity contribution in [2.24, 2.45) is 11.7 Å². The van der Waals surface area contributed by atoms with Crippen LogP contribution in [-0.4, -0.2) is 78.1 Å². The lowest BCUT2D eigenvalue weighted by Crippen LogP contribution is -2.47. The molecule has 2 amide bonds. The van der Waals surface area contributed by atoms with Gasteiger partial charge in [0.1, 0.15) is 5.75 Å². The summed E-state index contributed by atoms with van der Waals surface area (Å²) in [6.07, 6.45) is 13.9. The highest BCUT2D eigenvalue weighted by Crippen LogP contribution is 2.23. The molecule has 0 aliphatic carbocycles. The second-order valence-corrected chi connectivity index (χ2v) is 15.2. The predicted molar refractivity (Wildman–Crippen MR) is 227 cm³/mol. The van der Waals surface area contributed by atoms with E-state index < -0.39 is 6.09 Å². The zero-order valence-electron chi connectivity index (χ0n) is 36.1. The fourth-order valence-corrected chi connectivity index (χ4v) is 6.83. The number of Topliss-reactive ketones (excluding diaryl/α,β-unsaturated/α-hetero) is 1. The molecular formula is C45H78N4O5. The fraction of sp³-hybridized carbons (Fsp3) is 0.667. The molecule has 0 unspecified atom stereocenters. The van der Waals surface area contributed by atoms with Gasteiger partial charge in [-0.25, -0.2) is 4.79 Å². The van der Waals surface area contributed by atoms with Gasteiger partial charge in [0.05, 0.1) is 0 Å². The highest BCUT2D eigenvalue weighted by atomic mass is 16.6. The lowest BCUT2D eigenvalue weighted by Gasteiger charge is -2.36. The first-order valence-electron chi connectivity index (χ1n) is 20.6. The van der Waals surface area contributed by atoms with Crippen LogP contribution in [-0.2, 0) is 27.2 Å². The average Bonchev–Trinajstić information content (AvgIpc) is 3.14. The Bertz CT molecular complexity index is 1290. The van der Waals surface area contributed by atoms with Crippen LogP contribution < -0.4 is 11.1 Å². The van der Waals surface area contributed by atoms with E-state index in [-0.39, 0.29) is 24.0 Å². The molecular weight excluding hydrogens is 677 g/mol. The van der Waals surface area contributed by atoms with Gasteiger partial charge in [0.2, 0.25) is 6.41 Å². The first-order valence-corrected chi connectivity index (χ1v) is 20.6. The first kappa shape index (κ1) is 50.4. The van der Waals surface area contributed by atoms with Crippen LogP contribution >= 0.6 is 0 Å². The lowest BCUT2D eigenvalue weighted by molar-refractivity contribution is -0.122. The van der Waals surface area contributed by atoms with Gasteiger partial charge < -0.3 is 30.7 Å². The summed E-state index contributed by atoms with van der Waals surface area (Å²) in [4.78, 5) is 37.8. The van der Waals surface area contributed by atoms with E-state index in [1.165, 1.54) is 56.6 Å². The van der Waals surface area contributed by atoms with Crippen molar-refractivity contribution in [3.8, 4) is 5.75 Å². The van der Waals surface area contributed by atoms with Crippen molar-refractivity contribution in [3.63, 3.8) is 0 Å². The molecule has 3 rings (SSSR count). The van der Waals surface area contributed by atoms with Gasteiger partial charge in [-0.3, -0.25) is 9.59 Å². The summed E-state index contributed by atoms with van der Waals surface area (Å²) in [6, 6.07) is 12.2. The molecule has 2 aromatic carbocycles. The lowest BCUT2D eigenvalue weighted by atomic mass is 9.92. The number of phenolic OH excluding ortho intramolecular Hbond substituents is 1. The third-order valence-electron chi connectivity index (χ3n) is 9.82. The standard InChI is InChI=1S/C19H27N3O4.C10H14O.C8H19N.C8H18/c1-15(24)13-26-19(25)21-11-8-17(9-12-21)22(14-23)10-7-16-5-3-4-6-18(16)20-2;1-4-9-5-7(2)10(11)8(3)6-9;1-4-6-8(3,9)7-5-2;1-4-6-8(3)7-5-2/h3-6,14,17,20H,7-13H2,1-2H3;5-6,11H,4H2,1-3H3;4-7,9H2,1-3H3;8H,4-7H2,1-3H3. The van der Waals surface area contributed by atoms with Crippen LogP contribution in [0.2, 0.25) is 0 Å². The number of nitrogens with one attached hydrogen (secondary N) is 1. The topological polar surface area (TPSA) is 125 Å². The molecule has 2 aromatic rings. The Labute approximate surface area is 329 Å². The number of aromatic hydroxyl groups is 1. The van der Waals surface area contributed by atoms with Crippen molar-refractivity contribution in [1.29, 1.82) is 0 Å². The first-order chi connectivity index (χ1) is 25.6. The molecule has 0 radical (unpaired) electrons. The zero-order chi connectivity index (χ0) is 41.1. The number of rotatable bonds is 17. The second kappa shape index (κ2) is 28.8. The van der Waals surface area contributed by atoms with Crippen LogP contribution in [0.5, 0.6) is 5.75 Å². The van der Waals surface area contributed by atoms with Crippen LogP contribution in [0, 0.1) is 19.8 Å². The summed E-state index contributed by atoms with van der Waals surface area (Å²) < 4.78 is 4.94. The smallest absolute Gasteiger partial charge is 0.410 e. The number of piperidine rings is 1. The van der Waals surface area contributed by atoms with E-state index in [1.807, 2.05) is 56.1 Å². The van der Waals surface area contributed by atoms with Crippen LogP contribution in [0.4, 0.5) is 10.5 Å². The van der Waals surface area contributed by atoms with Crippen molar-refractivity contribution in [3.05, 3.63) is 58.7 Å². The van der Waals surface area contributed by atoms with Gasteiger partial charge >= 0.3 is 6.09 Å². The molecule has 54 heavy (non-hydrogen) atoms. The Morgan fingerprint density at radius 2 is 1.54 bits per heavy atom. The maximum Gasteiger partial charge on any atom is 0.410 e. The van der Waals surface area contributed by atoms with E-state index in [0.29, 0.717) is 38.2 Å². The van der Waals surface area contributed by atoms with Crippen molar-refractivity contribution < 1.29 is 24.2 Å². The minimum absolute atomic E-state index is 0.101. The minimum Gasteiger partial charge on any atom is -0.507 e. The normalized spacial score (nSPS) is 12.6. The molecule has 4 N–H and O–H groups in total. The molecule has 0 atom stereocenters. The van der Waals surface area contributed by atoms with E-state index in [1.54, 1.807) is 4.90 Å². The molecule has 1 aliphatic heterocycles. The number of nitrogens with zero attached hydrogens (tertiary/aromatic N) is 2. The van der Waals surface area contributed by atoms with Crippen LogP contribution in [0.25, 0.3) is 0 Å². The van der Waals surface area contributed by atoms with E-state index >= 15 is 0 Å². The van der Waals surface area contributed by atoms with E-state index in [2.05, 4.69) is 59.8 Å². The van der Waals surface area contributed by atoms with Crippen molar-refractivity contribution in [2.45, 2.75) is 158 Å². The summed E-state index contributed by atoms with van der Waals surface area (Å²) in [6.45, 7) is 22.2. The van der Waals surface area contributed by atoms with Gasteiger partial charge in [-0.05, 0) is 100 Å². The largest absolute Gasteiger partial charge is 0.507 e. The number of ether oxygens (including phenoxy) is 1. The summed E-state index contributed by atoms with van der Waals surface area (Å²) in [5, 5.41) is 12.6. The molecule has 0 spiro atoms. The highest BCUT2D eigenvalue weighted by molar-refractivity contribution is 5.79. The number of phenols is 1. The van der Waals surface area contributed by atoms with Gasteiger partial charge in [-0.15, -0.1) is 0 Å². The quantitative estimate of drug-likeness (QED) is 0.137. The Morgan fingerprint density at radius 1 is 1.00 bits per heavy atom. The number of aryl methyl sites for hydroxylation is 3. The minimum atomic E-state index is -0.459.